The molecule has 2 aromatic heterocycles. The maximum absolute atomic E-state index is 9.69. The molecule has 4 nitrogen and oxygen atoms in total. The summed E-state index contributed by atoms with van der Waals surface area (Å²) in [6.45, 7) is 2.01. The molecule has 0 radical (unpaired) electrons. The van der Waals surface area contributed by atoms with Crippen molar-refractivity contribution < 1.29 is 9.84 Å². The van der Waals surface area contributed by atoms with Gasteiger partial charge in [-0.2, -0.15) is 0 Å². The molecule has 0 saturated heterocycles. The smallest absolute Gasteiger partial charge is 0.137 e. The van der Waals surface area contributed by atoms with E-state index in [-0.39, 0.29) is 6.61 Å². The summed E-state index contributed by atoms with van der Waals surface area (Å²) in [4.78, 5) is 4.64. The number of rotatable bonds is 4. The van der Waals surface area contributed by atoms with Crippen LogP contribution in [0.1, 0.15) is 22.5 Å². The summed E-state index contributed by atoms with van der Waals surface area (Å²) in [6, 6.07) is 11.9. The van der Waals surface area contributed by atoms with E-state index in [9.17, 15) is 5.11 Å². The molecule has 1 N–H and O–H groups in total. The first-order chi connectivity index (χ1) is 10.2. The minimum atomic E-state index is -0.0239. The molecule has 108 valence electrons. The topological polar surface area (TPSA) is 46.8 Å². The van der Waals surface area contributed by atoms with Crippen LogP contribution in [0, 0.1) is 6.92 Å². The fraction of sp³-hybridized carbons (Fsp3) is 0.235. The van der Waals surface area contributed by atoms with Crippen molar-refractivity contribution in [3.05, 3.63) is 65.1 Å². The molecule has 3 rings (SSSR count). The molecule has 0 fully saturated rings. The Morgan fingerprint density at radius 1 is 1.24 bits per heavy atom. The number of hydrogen-bond donors (Lipinski definition) is 1. The largest absolute Gasteiger partial charge is 0.497 e. The molecule has 1 aromatic carbocycles. The van der Waals surface area contributed by atoms with Crippen molar-refractivity contribution in [2.75, 3.05) is 7.11 Å². The molecule has 0 aliphatic heterocycles. The van der Waals surface area contributed by atoms with Gasteiger partial charge in [-0.3, -0.25) is 0 Å². The zero-order chi connectivity index (χ0) is 14.8. The number of hydrogen-bond acceptors (Lipinski definition) is 3. The zero-order valence-corrected chi connectivity index (χ0v) is 12.2. The predicted molar refractivity (Wildman–Crippen MR) is 81.7 cm³/mol. The number of aryl methyl sites for hydroxylation is 1. The van der Waals surface area contributed by atoms with E-state index in [1.165, 1.54) is 0 Å². The van der Waals surface area contributed by atoms with Crippen molar-refractivity contribution in [1.82, 2.24) is 9.38 Å². The maximum Gasteiger partial charge on any atom is 0.137 e. The molecule has 3 aromatic rings. The van der Waals surface area contributed by atoms with Crippen LogP contribution in [0.3, 0.4) is 0 Å². The average Bonchev–Trinajstić information content (AvgIpc) is 2.83. The van der Waals surface area contributed by atoms with Crippen molar-refractivity contribution in [3.8, 4) is 5.75 Å². The Kier molecular flexibility index (Phi) is 3.62. The zero-order valence-electron chi connectivity index (χ0n) is 12.2. The van der Waals surface area contributed by atoms with Gasteiger partial charge in [-0.1, -0.05) is 18.2 Å². The summed E-state index contributed by atoms with van der Waals surface area (Å²) >= 11 is 0. The monoisotopic (exact) mass is 282 g/mol. The first-order valence-corrected chi connectivity index (χ1v) is 6.91. The third kappa shape index (κ3) is 2.62. The molecule has 0 amide bonds. The first-order valence-electron chi connectivity index (χ1n) is 6.91. The number of benzene rings is 1. The van der Waals surface area contributed by atoms with Crippen LogP contribution in [-0.4, -0.2) is 21.6 Å². The van der Waals surface area contributed by atoms with Crippen LogP contribution in [0.4, 0.5) is 0 Å². The minimum absolute atomic E-state index is 0.0239. The van der Waals surface area contributed by atoms with Gasteiger partial charge in [0.05, 0.1) is 25.1 Å². The Balaban J connectivity index is 2.03. The molecule has 0 aliphatic carbocycles. The molecule has 0 bridgehead atoms. The molecule has 21 heavy (non-hydrogen) atoms. The number of aliphatic hydroxyl groups is 1. The van der Waals surface area contributed by atoms with E-state index >= 15 is 0 Å². The third-order valence-corrected chi connectivity index (χ3v) is 3.60. The summed E-state index contributed by atoms with van der Waals surface area (Å²) in [7, 11) is 1.66. The van der Waals surface area contributed by atoms with E-state index in [0.717, 1.165) is 33.9 Å². The van der Waals surface area contributed by atoms with Crippen LogP contribution in [0.25, 0.3) is 5.65 Å². The second-order valence-corrected chi connectivity index (χ2v) is 5.13. The normalized spacial score (nSPS) is 11.0. The van der Waals surface area contributed by atoms with Crippen LogP contribution in [0.15, 0.2) is 42.6 Å². The van der Waals surface area contributed by atoms with Crippen molar-refractivity contribution in [2.24, 2.45) is 0 Å². The summed E-state index contributed by atoms with van der Waals surface area (Å²) in [5, 5.41) is 9.69. The van der Waals surface area contributed by atoms with Gasteiger partial charge >= 0.3 is 0 Å². The highest BCUT2D eigenvalue weighted by Crippen LogP contribution is 2.20. The fourth-order valence-electron chi connectivity index (χ4n) is 2.53. The van der Waals surface area contributed by atoms with E-state index in [0.29, 0.717) is 6.42 Å². The Morgan fingerprint density at radius 3 is 2.86 bits per heavy atom. The number of pyridine rings is 1. The first kappa shape index (κ1) is 13.6. The average molecular weight is 282 g/mol. The lowest BCUT2D eigenvalue weighted by Crippen LogP contribution is -1.98. The lowest BCUT2D eigenvalue weighted by Gasteiger charge is -2.05. The van der Waals surface area contributed by atoms with Gasteiger partial charge in [0.25, 0.3) is 0 Å². The highest BCUT2D eigenvalue weighted by molar-refractivity contribution is 5.46. The van der Waals surface area contributed by atoms with Crippen molar-refractivity contribution in [2.45, 2.75) is 20.0 Å². The molecule has 0 atom stereocenters. The SMILES string of the molecule is COc1cccc(Cc2nc3ccc(C)cn3c2CO)c1. The summed E-state index contributed by atoms with van der Waals surface area (Å²) in [5.41, 5.74) is 4.86. The highest BCUT2D eigenvalue weighted by Gasteiger charge is 2.12. The highest BCUT2D eigenvalue weighted by atomic mass is 16.5. The summed E-state index contributed by atoms with van der Waals surface area (Å²) in [6.07, 6.45) is 2.68. The molecular weight excluding hydrogens is 264 g/mol. The van der Waals surface area contributed by atoms with Crippen molar-refractivity contribution >= 4 is 5.65 Å². The summed E-state index contributed by atoms with van der Waals surface area (Å²) < 4.78 is 7.21. The van der Waals surface area contributed by atoms with Crippen molar-refractivity contribution in [1.29, 1.82) is 0 Å². The second-order valence-electron chi connectivity index (χ2n) is 5.13. The molecule has 0 saturated carbocycles. The quantitative estimate of drug-likeness (QED) is 0.800. The van der Waals surface area contributed by atoms with Crippen molar-refractivity contribution in [3.63, 3.8) is 0 Å². The van der Waals surface area contributed by atoms with E-state index in [4.69, 9.17) is 4.74 Å². The van der Waals surface area contributed by atoms with E-state index < -0.39 is 0 Å². The van der Waals surface area contributed by atoms with Crippen LogP contribution < -0.4 is 4.74 Å². The van der Waals surface area contributed by atoms with Gasteiger partial charge in [0.1, 0.15) is 11.4 Å². The number of ether oxygens (including phenoxy) is 1. The minimum Gasteiger partial charge on any atom is -0.497 e. The van der Waals surface area contributed by atoms with Gasteiger partial charge in [-0.05, 0) is 36.2 Å². The number of aliphatic hydroxyl groups excluding tert-OH is 1. The van der Waals surface area contributed by atoms with Gasteiger partial charge in [-0.25, -0.2) is 4.98 Å². The van der Waals surface area contributed by atoms with Crippen LogP contribution in [0.2, 0.25) is 0 Å². The van der Waals surface area contributed by atoms with Crippen LogP contribution in [0.5, 0.6) is 5.75 Å². The van der Waals surface area contributed by atoms with E-state index in [2.05, 4.69) is 4.98 Å². The van der Waals surface area contributed by atoms with Gasteiger partial charge in [0, 0.05) is 12.6 Å². The summed E-state index contributed by atoms with van der Waals surface area (Å²) in [5.74, 6) is 0.831. The molecule has 4 heteroatoms. The molecule has 0 spiro atoms. The van der Waals surface area contributed by atoms with Gasteiger partial charge in [0.15, 0.2) is 0 Å². The molecule has 2 heterocycles. The van der Waals surface area contributed by atoms with Gasteiger partial charge in [-0.15, -0.1) is 0 Å². The fourth-order valence-corrected chi connectivity index (χ4v) is 2.53. The van der Waals surface area contributed by atoms with Crippen LogP contribution in [-0.2, 0) is 13.0 Å². The Hall–Kier alpha value is -2.33. The molecule has 0 aliphatic rings. The lowest BCUT2D eigenvalue weighted by molar-refractivity contribution is 0.274. The third-order valence-electron chi connectivity index (χ3n) is 3.60. The lowest BCUT2D eigenvalue weighted by atomic mass is 10.1. The maximum atomic E-state index is 9.69. The number of aromatic nitrogens is 2. The number of nitrogens with zero attached hydrogens (tertiary/aromatic N) is 2. The number of methoxy groups -OCH3 is 1. The van der Waals surface area contributed by atoms with Gasteiger partial charge < -0.3 is 14.2 Å². The van der Waals surface area contributed by atoms with Crippen LogP contribution >= 0.6 is 0 Å². The van der Waals surface area contributed by atoms with E-state index in [1.54, 1.807) is 7.11 Å². The Labute approximate surface area is 123 Å². The predicted octanol–water partition coefficient (Wildman–Crippen LogP) is 2.73. The second kappa shape index (κ2) is 5.58. The number of imidazole rings is 1. The number of fused-ring (bicyclic) bond motifs is 1. The van der Waals surface area contributed by atoms with E-state index in [1.807, 2.05) is 53.9 Å². The molecular formula is C17H18N2O2. The Morgan fingerprint density at radius 2 is 2.10 bits per heavy atom. The standard InChI is InChI=1S/C17H18N2O2/c1-12-6-7-17-18-15(16(11-20)19(17)10-12)9-13-4-3-5-14(8-13)21-2/h3-8,10,20H,9,11H2,1-2H3. The van der Waals surface area contributed by atoms with Gasteiger partial charge in [0.2, 0.25) is 0 Å². The molecule has 0 unspecified atom stereocenters. The Bertz CT molecular complexity index is 778.